The number of hydrogen-bond acceptors (Lipinski definition) is 4. The van der Waals surface area contributed by atoms with Gasteiger partial charge < -0.3 is 5.73 Å². The predicted octanol–water partition coefficient (Wildman–Crippen LogP) is 3.25. The first-order chi connectivity index (χ1) is 9.29. The molecule has 0 aliphatic rings. The minimum Gasteiger partial charge on any atom is -0.389 e. The lowest BCUT2D eigenvalue weighted by molar-refractivity contribution is 0.603. The van der Waals surface area contributed by atoms with Crippen LogP contribution in [0.25, 0.3) is 0 Å². The van der Waals surface area contributed by atoms with Crippen LogP contribution < -0.4 is 10.5 Å². The Hall–Kier alpha value is -0.960. The van der Waals surface area contributed by atoms with Crippen molar-refractivity contribution in [3.05, 3.63) is 45.2 Å². The van der Waals surface area contributed by atoms with E-state index in [1.165, 1.54) is 11.3 Å². The Morgan fingerprint density at radius 3 is 2.60 bits per heavy atom. The number of hydrogen-bond donors (Lipinski definition) is 2. The molecule has 2 rings (SSSR count). The zero-order valence-corrected chi connectivity index (χ0v) is 14.4. The maximum Gasteiger partial charge on any atom is 0.271 e. The summed E-state index contributed by atoms with van der Waals surface area (Å²) >= 11 is 9.44. The third-order valence-corrected chi connectivity index (χ3v) is 6.04. The third-order valence-electron chi connectivity index (χ3n) is 2.47. The minimum absolute atomic E-state index is 0.137. The second kappa shape index (κ2) is 5.80. The molecule has 0 fully saturated rings. The molecule has 106 valence electrons. The standard InChI is InChI=1S/C12H11BrN2O2S3/c1-7-2-5-11(19-7)20(16,17)15-10-6-8(13)3-4-9(10)12(14)18/h2-6,15H,1H3,(H2,14,18). The molecule has 0 unspecified atom stereocenters. The lowest BCUT2D eigenvalue weighted by atomic mass is 10.2. The molecule has 2 aromatic rings. The van der Waals surface area contributed by atoms with Crippen LogP contribution in [-0.2, 0) is 10.0 Å². The summed E-state index contributed by atoms with van der Waals surface area (Å²) in [5.74, 6) is 0. The number of aryl methyl sites for hydroxylation is 1. The maximum atomic E-state index is 12.3. The number of benzene rings is 1. The van der Waals surface area contributed by atoms with Crippen molar-refractivity contribution in [2.24, 2.45) is 5.73 Å². The Kier molecular flexibility index (Phi) is 4.48. The molecule has 0 aliphatic carbocycles. The first-order valence-electron chi connectivity index (χ1n) is 5.48. The quantitative estimate of drug-likeness (QED) is 0.785. The molecule has 8 heteroatoms. The summed E-state index contributed by atoms with van der Waals surface area (Å²) in [6, 6.07) is 8.38. The van der Waals surface area contributed by atoms with Gasteiger partial charge in [-0.25, -0.2) is 8.42 Å². The maximum absolute atomic E-state index is 12.3. The molecule has 0 spiro atoms. The van der Waals surface area contributed by atoms with E-state index in [9.17, 15) is 8.42 Å². The van der Waals surface area contributed by atoms with Gasteiger partial charge in [0.05, 0.1) is 5.69 Å². The fraction of sp³-hybridized carbons (Fsp3) is 0.0833. The second-order valence-corrected chi connectivity index (χ2v) is 8.58. The van der Waals surface area contributed by atoms with Gasteiger partial charge in [0, 0.05) is 14.9 Å². The third kappa shape index (κ3) is 3.38. The van der Waals surface area contributed by atoms with Gasteiger partial charge in [-0.3, -0.25) is 4.72 Å². The van der Waals surface area contributed by atoms with Crippen LogP contribution in [0.4, 0.5) is 5.69 Å². The van der Waals surface area contributed by atoms with Crippen molar-refractivity contribution in [1.29, 1.82) is 0 Å². The van der Waals surface area contributed by atoms with Crippen LogP contribution in [0.5, 0.6) is 0 Å². The average Bonchev–Trinajstić information content (AvgIpc) is 2.75. The molecule has 0 saturated carbocycles. The van der Waals surface area contributed by atoms with Gasteiger partial charge in [0.2, 0.25) is 0 Å². The summed E-state index contributed by atoms with van der Waals surface area (Å²) < 4.78 is 28.1. The van der Waals surface area contributed by atoms with E-state index in [1.807, 2.05) is 6.92 Å². The van der Waals surface area contributed by atoms with Crippen molar-refractivity contribution in [2.75, 3.05) is 4.72 Å². The topological polar surface area (TPSA) is 72.2 Å². The average molecular weight is 391 g/mol. The van der Waals surface area contributed by atoms with Crippen molar-refractivity contribution < 1.29 is 8.42 Å². The number of thiocarbonyl (C=S) groups is 1. The molecule has 0 saturated heterocycles. The molecule has 0 atom stereocenters. The summed E-state index contributed by atoms with van der Waals surface area (Å²) in [4.78, 5) is 1.06. The summed E-state index contributed by atoms with van der Waals surface area (Å²) in [5.41, 5.74) is 6.46. The molecule has 1 aromatic carbocycles. The van der Waals surface area contributed by atoms with Gasteiger partial charge in [0.1, 0.15) is 9.20 Å². The molecular weight excluding hydrogens is 380 g/mol. The zero-order chi connectivity index (χ0) is 14.9. The summed E-state index contributed by atoms with van der Waals surface area (Å²) in [5, 5.41) is 0. The molecule has 4 nitrogen and oxygen atoms in total. The van der Waals surface area contributed by atoms with Crippen LogP contribution in [0.2, 0.25) is 0 Å². The number of nitrogens with two attached hydrogens (primary N) is 1. The Morgan fingerprint density at radius 1 is 1.35 bits per heavy atom. The second-order valence-electron chi connectivity index (χ2n) is 4.02. The predicted molar refractivity (Wildman–Crippen MR) is 89.9 cm³/mol. The lowest BCUT2D eigenvalue weighted by Crippen LogP contribution is -2.17. The van der Waals surface area contributed by atoms with Crippen molar-refractivity contribution >= 4 is 60.2 Å². The van der Waals surface area contributed by atoms with Crippen LogP contribution in [0, 0.1) is 6.92 Å². The van der Waals surface area contributed by atoms with E-state index in [2.05, 4.69) is 20.7 Å². The molecular formula is C12H11BrN2O2S3. The number of sulfonamides is 1. The first kappa shape index (κ1) is 15.4. The lowest BCUT2D eigenvalue weighted by Gasteiger charge is -2.11. The molecule has 1 heterocycles. The van der Waals surface area contributed by atoms with E-state index >= 15 is 0 Å². The highest BCUT2D eigenvalue weighted by molar-refractivity contribution is 9.10. The van der Waals surface area contributed by atoms with Gasteiger partial charge in [-0.15, -0.1) is 11.3 Å². The largest absolute Gasteiger partial charge is 0.389 e. The number of halogens is 1. The van der Waals surface area contributed by atoms with Crippen molar-refractivity contribution in [3.63, 3.8) is 0 Å². The van der Waals surface area contributed by atoms with Gasteiger partial charge in [-0.1, -0.05) is 28.1 Å². The number of anilines is 1. The van der Waals surface area contributed by atoms with Crippen molar-refractivity contribution in [1.82, 2.24) is 0 Å². The smallest absolute Gasteiger partial charge is 0.271 e. The summed E-state index contributed by atoms with van der Waals surface area (Å²) in [6.45, 7) is 1.85. The van der Waals surface area contributed by atoms with Gasteiger partial charge >= 0.3 is 0 Å². The van der Waals surface area contributed by atoms with Crippen LogP contribution >= 0.6 is 39.5 Å². The Bertz CT molecular complexity index is 769. The Labute approximate surface area is 135 Å². The molecule has 1 aromatic heterocycles. The van der Waals surface area contributed by atoms with Gasteiger partial charge in [-0.05, 0) is 37.3 Å². The number of thiophene rings is 1. The SMILES string of the molecule is Cc1ccc(S(=O)(=O)Nc2cc(Br)ccc2C(N)=S)s1. The molecule has 0 amide bonds. The molecule has 20 heavy (non-hydrogen) atoms. The van der Waals surface area contributed by atoms with E-state index in [-0.39, 0.29) is 9.20 Å². The Balaban J connectivity index is 2.44. The fourth-order valence-corrected chi connectivity index (χ4v) is 4.46. The normalized spacial score (nSPS) is 11.3. The molecule has 0 radical (unpaired) electrons. The van der Waals surface area contributed by atoms with Gasteiger partial charge in [0.15, 0.2) is 0 Å². The highest BCUT2D eigenvalue weighted by Crippen LogP contribution is 2.27. The van der Waals surface area contributed by atoms with Crippen LogP contribution in [0.1, 0.15) is 10.4 Å². The fourth-order valence-electron chi connectivity index (χ4n) is 1.57. The van der Waals surface area contributed by atoms with Gasteiger partial charge in [-0.2, -0.15) is 0 Å². The van der Waals surface area contributed by atoms with Crippen LogP contribution in [0.15, 0.2) is 39.0 Å². The van der Waals surface area contributed by atoms with E-state index in [1.54, 1.807) is 30.3 Å². The van der Waals surface area contributed by atoms with E-state index in [4.69, 9.17) is 18.0 Å². The van der Waals surface area contributed by atoms with Crippen LogP contribution in [-0.4, -0.2) is 13.4 Å². The Morgan fingerprint density at radius 2 is 2.05 bits per heavy atom. The summed E-state index contributed by atoms with van der Waals surface area (Å²) in [6.07, 6.45) is 0. The number of nitrogens with one attached hydrogen (secondary N) is 1. The summed E-state index contributed by atoms with van der Waals surface area (Å²) in [7, 11) is -3.63. The monoisotopic (exact) mass is 390 g/mol. The number of rotatable bonds is 4. The van der Waals surface area contributed by atoms with Crippen molar-refractivity contribution in [2.45, 2.75) is 11.1 Å². The van der Waals surface area contributed by atoms with E-state index < -0.39 is 10.0 Å². The van der Waals surface area contributed by atoms with E-state index in [0.29, 0.717) is 11.3 Å². The highest BCUT2D eigenvalue weighted by Gasteiger charge is 2.18. The van der Waals surface area contributed by atoms with E-state index in [0.717, 1.165) is 9.35 Å². The minimum atomic E-state index is -3.63. The highest BCUT2D eigenvalue weighted by atomic mass is 79.9. The molecule has 3 N–H and O–H groups in total. The first-order valence-corrected chi connectivity index (χ1v) is 8.98. The zero-order valence-electron chi connectivity index (χ0n) is 10.4. The molecule has 0 bridgehead atoms. The molecule has 0 aliphatic heterocycles. The van der Waals surface area contributed by atoms with Gasteiger partial charge in [0.25, 0.3) is 10.0 Å². The van der Waals surface area contributed by atoms with Crippen molar-refractivity contribution in [3.8, 4) is 0 Å². The van der Waals surface area contributed by atoms with Crippen LogP contribution in [0.3, 0.4) is 0 Å².